The predicted octanol–water partition coefficient (Wildman–Crippen LogP) is -0.441. The number of aliphatic hydroxyl groups is 1. The fourth-order valence-corrected chi connectivity index (χ4v) is 2.14. The van der Waals surface area contributed by atoms with Gasteiger partial charge in [-0.2, -0.15) is 0 Å². The number of amides is 1. The van der Waals surface area contributed by atoms with Crippen LogP contribution in [0.5, 0.6) is 0 Å². The highest BCUT2D eigenvalue weighted by molar-refractivity contribution is 7.13. The molecule has 1 aromatic heterocycles. The van der Waals surface area contributed by atoms with Gasteiger partial charge in [0.1, 0.15) is 5.69 Å². The highest BCUT2D eigenvalue weighted by Gasteiger charge is 2.28. The van der Waals surface area contributed by atoms with E-state index in [0.717, 1.165) is 0 Å². The fraction of sp³-hybridized carbons (Fsp3) is 0.556. The zero-order valence-corrected chi connectivity index (χ0v) is 9.44. The SMILES string of the molecule is Nc1nc(C(=O)N2CCOCC2CO)cs1. The van der Waals surface area contributed by atoms with Crippen molar-refractivity contribution < 1.29 is 14.6 Å². The van der Waals surface area contributed by atoms with Crippen molar-refractivity contribution in [3.05, 3.63) is 11.1 Å². The second-order valence-corrected chi connectivity index (χ2v) is 4.37. The average Bonchev–Trinajstić information content (AvgIpc) is 2.75. The molecule has 1 unspecified atom stereocenters. The maximum atomic E-state index is 12.0. The molecule has 0 aliphatic carbocycles. The topological polar surface area (TPSA) is 88.7 Å². The fourth-order valence-electron chi connectivity index (χ4n) is 1.61. The molecule has 2 rings (SSSR count). The Morgan fingerprint density at radius 3 is 3.25 bits per heavy atom. The Labute approximate surface area is 96.6 Å². The summed E-state index contributed by atoms with van der Waals surface area (Å²) in [5.74, 6) is -0.199. The lowest BCUT2D eigenvalue weighted by Crippen LogP contribution is -2.50. The van der Waals surface area contributed by atoms with Gasteiger partial charge in [-0.15, -0.1) is 11.3 Å². The molecule has 0 radical (unpaired) electrons. The number of hydrogen-bond donors (Lipinski definition) is 2. The molecule has 1 aromatic rings. The van der Waals surface area contributed by atoms with Crippen molar-refractivity contribution in [2.75, 3.05) is 32.1 Å². The van der Waals surface area contributed by atoms with Crippen LogP contribution in [0.2, 0.25) is 0 Å². The van der Waals surface area contributed by atoms with Crippen LogP contribution in [-0.4, -0.2) is 53.3 Å². The van der Waals surface area contributed by atoms with Crippen LogP contribution in [0.1, 0.15) is 10.5 Å². The Hall–Kier alpha value is -1.18. The number of carbonyl (C=O) groups is 1. The van der Waals surface area contributed by atoms with Gasteiger partial charge >= 0.3 is 0 Å². The van der Waals surface area contributed by atoms with Crippen LogP contribution in [0.4, 0.5) is 5.13 Å². The van der Waals surface area contributed by atoms with Crippen molar-refractivity contribution in [2.45, 2.75) is 6.04 Å². The standard InChI is InChI=1S/C9H13N3O3S/c10-9-11-7(5-16-9)8(14)12-1-2-15-4-6(12)3-13/h5-6,13H,1-4H2,(H2,10,11). The average molecular weight is 243 g/mol. The van der Waals surface area contributed by atoms with E-state index in [0.29, 0.717) is 30.6 Å². The number of thiazole rings is 1. The Bertz CT molecular complexity index is 382. The highest BCUT2D eigenvalue weighted by atomic mass is 32.1. The zero-order valence-electron chi connectivity index (χ0n) is 8.63. The molecule has 1 aliphatic rings. The number of carbonyl (C=O) groups excluding carboxylic acids is 1. The van der Waals surface area contributed by atoms with E-state index in [2.05, 4.69) is 4.98 Å². The molecule has 6 nitrogen and oxygen atoms in total. The number of morpholine rings is 1. The third-order valence-corrected chi connectivity index (χ3v) is 3.11. The molecule has 1 saturated heterocycles. The Kier molecular flexibility index (Phi) is 3.37. The summed E-state index contributed by atoms with van der Waals surface area (Å²) in [4.78, 5) is 17.5. The number of aliphatic hydroxyl groups excluding tert-OH is 1. The first kappa shape index (κ1) is 11.3. The van der Waals surface area contributed by atoms with Gasteiger partial charge in [0.2, 0.25) is 0 Å². The van der Waals surface area contributed by atoms with Crippen LogP contribution in [0, 0.1) is 0 Å². The third-order valence-electron chi connectivity index (χ3n) is 2.44. The summed E-state index contributed by atoms with van der Waals surface area (Å²) in [7, 11) is 0. The van der Waals surface area contributed by atoms with Crippen LogP contribution in [0.15, 0.2) is 5.38 Å². The van der Waals surface area contributed by atoms with Crippen LogP contribution < -0.4 is 5.73 Å². The summed E-state index contributed by atoms with van der Waals surface area (Å²) in [6.45, 7) is 1.22. The summed E-state index contributed by atoms with van der Waals surface area (Å²) in [6.07, 6.45) is 0. The molecule has 16 heavy (non-hydrogen) atoms. The summed E-state index contributed by atoms with van der Waals surface area (Å²) < 4.78 is 5.20. The normalized spacial score (nSPS) is 21.1. The molecule has 2 heterocycles. The van der Waals surface area contributed by atoms with Crippen LogP contribution in [0.3, 0.4) is 0 Å². The van der Waals surface area contributed by atoms with Crippen molar-refractivity contribution >= 4 is 22.4 Å². The lowest BCUT2D eigenvalue weighted by atomic mass is 10.2. The van der Waals surface area contributed by atoms with E-state index in [1.54, 1.807) is 10.3 Å². The maximum absolute atomic E-state index is 12.0. The smallest absolute Gasteiger partial charge is 0.273 e. The molecule has 88 valence electrons. The first-order chi connectivity index (χ1) is 7.72. The molecule has 1 fully saturated rings. The summed E-state index contributed by atoms with van der Waals surface area (Å²) >= 11 is 1.23. The van der Waals surface area contributed by atoms with Gasteiger partial charge in [0, 0.05) is 11.9 Å². The van der Waals surface area contributed by atoms with Crippen molar-refractivity contribution in [1.82, 2.24) is 9.88 Å². The Morgan fingerprint density at radius 2 is 2.62 bits per heavy atom. The van der Waals surface area contributed by atoms with Gasteiger partial charge in [-0.25, -0.2) is 4.98 Å². The highest BCUT2D eigenvalue weighted by Crippen LogP contribution is 2.16. The number of aromatic nitrogens is 1. The van der Waals surface area contributed by atoms with Crippen molar-refractivity contribution in [3.63, 3.8) is 0 Å². The summed E-state index contributed by atoms with van der Waals surface area (Å²) in [6, 6.07) is -0.288. The lowest BCUT2D eigenvalue weighted by molar-refractivity contribution is -0.0186. The minimum Gasteiger partial charge on any atom is -0.394 e. The number of ether oxygens (including phenoxy) is 1. The molecule has 1 aliphatic heterocycles. The van der Waals surface area contributed by atoms with E-state index in [9.17, 15) is 4.79 Å². The van der Waals surface area contributed by atoms with Gasteiger partial charge < -0.3 is 20.5 Å². The molecule has 0 saturated carbocycles. The van der Waals surface area contributed by atoms with Crippen LogP contribution in [-0.2, 0) is 4.74 Å². The van der Waals surface area contributed by atoms with Crippen LogP contribution in [0.25, 0.3) is 0 Å². The Morgan fingerprint density at radius 1 is 1.81 bits per heavy atom. The van der Waals surface area contributed by atoms with E-state index in [-0.39, 0.29) is 18.6 Å². The van der Waals surface area contributed by atoms with Gasteiger partial charge in [-0.1, -0.05) is 0 Å². The lowest BCUT2D eigenvalue weighted by Gasteiger charge is -2.33. The molecule has 7 heteroatoms. The second kappa shape index (κ2) is 4.77. The van der Waals surface area contributed by atoms with E-state index in [1.165, 1.54) is 11.3 Å². The monoisotopic (exact) mass is 243 g/mol. The van der Waals surface area contributed by atoms with Crippen molar-refractivity contribution in [1.29, 1.82) is 0 Å². The molecule has 0 bridgehead atoms. The predicted molar refractivity (Wildman–Crippen MR) is 59.3 cm³/mol. The van der Waals surface area contributed by atoms with Gasteiger partial charge in [0.05, 0.1) is 25.9 Å². The number of nitrogens with two attached hydrogens (primary N) is 1. The van der Waals surface area contributed by atoms with Gasteiger partial charge in [0.15, 0.2) is 5.13 Å². The van der Waals surface area contributed by atoms with E-state index >= 15 is 0 Å². The summed E-state index contributed by atoms with van der Waals surface area (Å²) in [5.41, 5.74) is 5.81. The minimum atomic E-state index is -0.288. The summed E-state index contributed by atoms with van der Waals surface area (Å²) in [5, 5.41) is 11.1. The van der Waals surface area contributed by atoms with Crippen molar-refractivity contribution in [2.24, 2.45) is 0 Å². The second-order valence-electron chi connectivity index (χ2n) is 3.48. The van der Waals surface area contributed by atoms with E-state index in [1.807, 2.05) is 0 Å². The number of nitrogens with zero attached hydrogens (tertiary/aromatic N) is 2. The van der Waals surface area contributed by atoms with E-state index in [4.69, 9.17) is 15.6 Å². The Balaban J connectivity index is 2.13. The molecular weight excluding hydrogens is 230 g/mol. The molecule has 3 N–H and O–H groups in total. The molecular formula is C9H13N3O3S. The first-order valence-electron chi connectivity index (χ1n) is 4.93. The molecule has 1 amide bonds. The minimum absolute atomic E-state index is 0.106. The van der Waals surface area contributed by atoms with Gasteiger partial charge in [-0.3, -0.25) is 4.79 Å². The van der Waals surface area contributed by atoms with Crippen LogP contribution >= 0.6 is 11.3 Å². The third kappa shape index (κ3) is 2.16. The first-order valence-corrected chi connectivity index (χ1v) is 5.81. The quantitative estimate of drug-likeness (QED) is 0.735. The van der Waals surface area contributed by atoms with Gasteiger partial charge in [0.25, 0.3) is 5.91 Å². The number of rotatable bonds is 2. The zero-order chi connectivity index (χ0) is 11.5. The largest absolute Gasteiger partial charge is 0.394 e. The van der Waals surface area contributed by atoms with Crippen molar-refractivity contribution in [3.8, 4) is 0 Å². The van der Waals surface area contributed by atoms with E-state index < -0.39 is 0 Å². The molecule has 1 atom stereocenters. The van der Waals surface area contributed by atoms with Gasteiger partial charge in [-0.05, 0) is 0 Å². The molecule has 0 aromatic carbocycles. The number of hydrogen-bond acceptors (Lipinski definition) is 6. The molecule has 0 spiro atoms. The number of anilines is 1. The number of nitrogen functional groups attached to an aromatic ring is 1. The maximum Gasteiger partial charge on any atom is 0.273 e.